The van der Waals surface area contributed by atoms with Crippen molar-refractivity contribution >= 4 is 22.3 Å². The summed E-state index contributed by atoms with van der Waals surface area (Å²) in [6.07, 6.45) is 5.64. The highest BCUT2D eigenvalue weighted by Crippen LogP contribution is 2.29. The van der Waals surface area contributed by atoms with E-state index in [0.29, 0.717) is 5.75 Å². The van der Waals surface area contributed by atoms with Crippen LogP contribution in [0.5, 0.6) is 5.75 Å². The van der Waals surface area contributed by atoms with Crippen molar-refractivity contribution in [3.05, 3.63) is 60.3 Å². The molecule has 2 N–H and O–H groups in total. The average Bonchev–Trinajstić information content (AvgIpc) is 2.66. The van der Waals surface area contributed by atoms with Crippen LogP contribution in [-0.4, -0.2) is 28.1 Å². The Balaban J connectivity index is 1.59. The summed E-state index contributed by atoms with van der Waals surface area (Å²) in [5.41, 5.74) is 3.96. The Kier molecular flexibility index (Phi) is 4.53. The zero-order valence-corrected chi connectivity index (χ0v) is 14.3. The van der Waals surface area contributed by atoms with Crippen molar-refractivity contribution in [1.29, 1.82) is 0 Å². The lowest BCUT2D eigenvalue weighted by Gasteiger charge is -2.26. The number of hydrogen-bond acceptors (Lipinski definition) is 4. The minimum atomic E-state index is 0.371. The van der Waals surface area contributed by atoms with Gasteiger partial charge < -0.3 is 10.4 Å². The van der Waals surface area contributed by atoms with Gasteiger partial charge in [-0.1, -0.05) is 24.6 Å². The predicted molar refractivity (Wildman–Crippen MR) is 102 cm³/mol. The van der Waals surface area contributed by atoms with E-state index >= 15 is 0 Å². The van der Waals surface area contributed by atoms with Gasteiger partial charge in [0.15, 0.2) is 0 Å². The minimum Gasteiger partial charge on any atom is -0.508 e. The van der Waals surface area contributed by atoms with Crippen molar-refractivity contribution in [3.8, 4) is 5.75 Å². The Morgan fingerprint density at radius 1 is 1.00 bits per heavy atom. The molecule has 1 aromatic heterocycles. The second-order valence-electron chi connectivity index (χ2n) is 6.68. The molecule has 25 heavy (non-hydrogen) atoms. The fraction of sp³-hybridized carbons (Fsp3) is 0.286. The second-order valence-corrected chi connectivity index (χ2v) is 6.68. The van der Waals surface area contributed by atoms with E-state index in [9.17, 15) is 5.11 Å². The molecule has 128 valence electrons. The van der Waals surface area contributed by atoms with Crippen LogP contribution in [0.1, 0.15) is 24.8 Å². The summed E-state index contributed by atoms with van der Waals surface area (Å²) in [6, 6.07) is 15.8. The van der Waals surface area contributed by atoms with Crippen molar-refractivity contribution in [2.24, 2.45) is 0 Å². The number of nitrogens with one attached hydrogen (secondary N) is 1. The maximum atomic E-state index is 10.2. The fourth-order valence-electron chi connectivity index (χ4n) is 3.51. The molecule has 2 heterocycles. The van der Waals surface area contributed by atoms with Gasteiger partial charge in [-0.25, -0.2) is 0 Å². The molecule has 2 aromatic carbocycles. The maximum Gasteiger partial charge on any atom is 0.120 e. The molecular weight excluding hydrogens is 310 g/mol. The molecule has 0 radical (unpaired) electrons. The van der Waals surface area contributed by atoms with E-state index in [1.807, 2.05) is 36.5 Å². The molecule has 3 aromatic rings. The lowest BCUT2D eigenvalue weighted by atomic mass is 10.1. The van der Waals surface area contributed by atoms with E-state index in [4.69, 9.17) is 0 Å². The molecule has 0 saturated carbocycles. The van der Waals surface area contributed by atoms with Gasteiger partial charge in [0.2, 0.25) is 0 Å². The molecule has 4 nitrogen and oxygen atoms in total. The maximum absolute atomic E-state index is 10.2. The van der Waals surface area contributed by atoms with Crippen molar-refractivity contribution < 1.29 is 5.11 Å². The third kappa shape index (κ3) is 3.59. The monoisotopic (exact) mass is 333 g/mol. The summed E-state index contributed by atoms with van der Waals surface area (Å²) in [4.78, 5) is 6.83. The van der Waals surface area contributed by atoms with Crippen LogP contribution in [0.2, 0.25) is 0 Å². The first-order chi connectivity index (χ1) is 12.3. The van der Waals surface area contributed by atoms with E-state index in [-0.39, 0.29) is 0 Å². The number of fused-ring (bicyclic) bond motifs is 1. The highest BCUT2D eigenvalue weighted by molar-refractivity contribution is 5.92. The number of phenolic OH excluding ortho intramolecular Hbond substituents is 1. The molecule has 0 amide bonds. The van der Waals surface area contributed by atoms with Crippen LogP contribution < -0.4 is 5.32 Å². The van der Waals surface area contributed by atoms with Gasteiger partial charge in [0.1, 0.15) is 5.75 Å². The van der Waals surface area contributed by atoms with Crippen LogP contribution in [0, 0.1) is 0 Å². The van der Waals surface area contributed by atoms with E-state index in [1.54, 1.807) is 6.07 Å². The number of phenols is 1. The van der Waals surface area contributed by atoms with E-state index < -0.39 is 0 Å². The first kappa shape index (κ1) is 15.9. The number of aromatic nitrogens is 1. The number of piperidine rings is 1. The minimum absolute atomic E-state index is 0.371. The van der Waals surface area contributed by atoms with Gasteiger partial charge in [-0.15, -0.1) is 0 Å². The number of likely N-dealkylation sites (tertiary alicyclic amines) is 1. The summed E-state index contributed by atoms with van der Waals surface area (Å²) < 4.78 is 0. The number of hydrogen-bond donors (Lipinski definition) is 2. The third-order valence-corrected chi connectivity index (χ3v) is 4.85. The number of nitrogens with zero attached hydrogens (tertiary/aromatic N) is 2. The van der Waals surface area contributed by atoms with Crippen LogP contribution in [-0.2, 0) is 6.54 Å². The molecule has 1 saturated heterocycles. The molecular formula is C21H23N3O. The smallest absolute Gasteiger partial charge is 0.120 e. The molecule has 1 aliphatic heterocycles. The standard InChI is InChI=1S/C21H23N3O/c25-21-9-8-17(14-16(21)15-24-12-4-1-5-13-24)23-20-10-11-22-19-7-3-2-6-18(19)20/h2-3,6-11,14,25H,1,4-5,12-13,15H2,(H,22,23). The number of aromatic hydroxyl groups is 1. The van der Waals surface area contributed by atoms with E-state index in [1.165, 1.54) is 19.3 Å². The van der Waals surface area contributed by atoms with Crippen molar-refractivity contribution in [3.63, 3.8) is 0 Å². The molecule has 0 spiro atoms. The Morgan fingerprint density at radius 2 is 1.84 bits per heavy atom. The number of rotatable bonds is 4. The quantitative estimate of drug-likeness (QED) is 0.681. The lowest BCUT2D eigenvalue weighted by Crippen LogP contribution is -2.29. The van der Waals surface area contributed by atoms with Gasteiger partial charge in [0.05, 0.1) is 5.52 Å². The topological polar surface area (TPSA) is 48.4 Å². The number of pyridine rings is 1. The predicted octanol–water partition coefficient (Wildman–Crippen LogP) is 4.67. The van der Waals surface area contributed by atoms with Crippen LogP contribution in [0.15, 0.2) is 54.7 Å². The Labute approximate surface area is 148 Å². The fourth-order valence-corrected chi connectivity index (χ4v) is 3.51. The molecule has 4 rings (SSSR count). The summed E-state index contributed by atoms with van der Waals surface area (Å²) in [7, 11) is 0. The number of benzene rings is 2. The van der Waals surface area contributed by atoms with Crippen LogP contribution in [0.4, 0.5) is 11.4 Å². The average molecular weight is 333 g/mol. The van der Waals surface area contributed by atoms with E-state index in [2.05, 4.69) is 27.3 Å². The molecule has 1 aliphatic rings. The highest BCUT2D eigenvalue weighted by Gasteiger charge is 2.13. The molecule has 0 atom stereocenters. The second kappa shape index (κ2) is 7.11. The van der Waals surface area contributed by atoms with Crippen molar-refractivity contribution in [2.75, 3.05) is 18.4 Å². The summed E-state index contributed by atoms with van der Waals surface area (Å²) >= 11 is 0. The van der Waals surface area contributed by atoms with Gasteiger partial charge in [0, 0.05) is 35.1 Å². The number of anilines is 2. The first-order valence-corrected chi connectivity index (χ1v) is 8.95. The van der Waals surface area contributed by atoms with E-state index in [0.717, 1.165) is 47.5 Å². The van der Waals surface area contributed by atoms with Crippen LogP contribution in [0.3, 0.4) is 0 Å². The summed E-state index contributed by atoms with van der Waals surface area (Å²) in [6.45, 7) is 3.04. The Hall–Kier alpha value is -2.59. The zero-order chi connectivity index (χ0) is 17.1. The van der Waals surface area contributed by atoms with Gasteiger partial charge >= 0.3 is 0 Å². The molecule has 0 unspecified atom stereocenters. The van der Waals surface area contributed by atoms with Crippen molar-refractivity contribution in [1.82, 2.24) is 9.88 Å². The van der Waals surface area contributed by atoms with Gasteiger partial charge in [-0.3, -0.25) is 9.88 Å². The molecule has 4 heteroatoms. The number of para-hydroxylation sites is 1. The largest absolute Gasteiger partial charge is 0.508 e. The van der Waals surface area contributed by atoms with Gasteiger partial charge in [-0.05, 0) is 56.3 Å². The lowest BCUT2D eigenvalue weighted by molar-refractivity contribution is 0.218. The first-order valence-electron chi connectivity index (χ1n) is 8.95. The molecule has 0 aliphatic carbocycles. The van der Waals surface area contributed by atoms with Gasteiger partial charge in [0.25, 0.3) is 0 Å². The summed E-state index contributed by atoms with van der Waals surface area (Å²) in [5.74, 6) is 0.371. The van der Waals surface area contributed by atoms with Crippen molar-refractivity contribution in [2.45, 2.75) is 25.8 Å². The third-order valence-electron chi connectivity index (χ3n) is 4.85. The molecule has 0 bridgehead atoms. The molecule has 1 fully saturated rings. The van der Waals surface area contributed by atoms with Crippen LogP contribution in [0.25, 0.3) is 10.9 Å². The highest BCUT2D eigenvalue weighted by atomic mass is 16.3. The van der Waals surface area contributed by atoms with Crippen LogP contribution >= 0.6 is 0 Å². The Bertz CT molecular complexity index is 867. The summed E-state index contributed by atoms with van der Waals surface area (Å²) in [5, 5.41) is 14.8. The zero-order valence-electron chi connectivity index (χ0n) is 14.3. The normalized spacial score (nSPS) is 15.4. The Morgan fingerprint density at radius 3 is 2.72 bits per heavy atom. The van der Waals surface area contributed by atoms with Gasteiger partial charge in [-0.2, -0.15) is 0 Å². The SMILES string of the molecule is Oc1ccc(Nc2ccnc3ccccc23)cc1CN1CCCCC1.